The first-order valence-corrected chi connectivity index (χ1v) is 6.38. The minimum atomic E-state index is -0.123. The second-order valence-electron chi connectivity index (χ2n) is 5.14. The van der Waals surface area contributed by atoms with Gasteiger partial charge >= 0.3 is 0 Å². The van der Waals surface area contributed by atoms with Gasteiger partial charge in [0.2, 0.25) is 0 Å². The summed E-state index contributed by atoms with van der Waals surface area (Å²) in [6.45, 7) is 9.24. The summed E-state index contributed by atoms with van der Waals surface area (Å²) in [5, 5.41) is 9.51. The fourth-order valence-corrected chi connectivity index (χ4v) is 2.75. The summed E-state index contributed by atoms with van der Waals surface area (Å²) < 4.78 is 0. The molecule has 0 aromatic carbocycles. The molecule has 0 amide bonds. The summed E-state index contributed by atoms with van der Waals surface area (Å²) in [5.41, 5.74) is 0. The third kappa shape index (κ3) is 3.16. The van der Waals surface area contributed by atoms with Crippen molar-refractivity contribution in [1.29, 1.82) is 0 Å². The lowest BCUT2D eigenvalue weighted by Crippen LogP contribution is -2.33. The second-order valence-corrected chi connectivity index (χ2v) is 5.14. The number of hydrogen-bond donors (Lipinski definition) is 1. The Morgan fingerprint density at radius 3 is 2.40 bits per heavy atom. The van der Waals surface area contributed by atoms with Crippen LogP contribution >= 0.6 is 0 Å². The zero-order valence-corrected chi connectivity index (χ0v) is 9.86. The molecule has 1 N–H and O–H groups in total. The average Bonchev–Trinajstić information content (AvgIpc) is 2.86. The first-order valence-electron chi connectivity index (χ1n) is 6.38. The average molecular weight is 212 g/mol. The molecule has 2 aliphatic heterocycles. The van der Waals surface area contributed by atoms with Crippen LogP contribution < -0.4 is 0 Å². The number of nitrogens with zero attached hydrogens (tertiary/aromatic N) is 2. The highest BCUT2D eigenvalue weighted by Gasteiger charge is 2.26. The Kier molecular flexibility index (Phi) is 4.00. The molecule has 2 rings (SSSR count). The van der Waals surface area contributed by atoms with Gasteiger partial charge in [-0.3, -0.25) is 0 Å². The molecule has 0 radical (unpaired) electrons. The standard InChI is InChI=1S/C12H24N2O/c1-11(15)12-4-7-14(10-12)9-8-13-5-2-3-6-13/h11-12,15H,2-10H2,1H3. The minimum Gasteiger partial charge on any atom is -0.393 e. The zero-order valence-electron chi connectivity index (χ0n) is 9.86. The lowest BCUT2D eigenvalue weighted by molar-refractivity contribution is 0.126. The molecular weight excluding hydrogens is 188 g/mol. The summed E-state index contributed by atoms with van der Waals surface area (Å²) in [6, 6.07) is 0. The van der Waals surface area contributed by atoms with Gasteiger partial charge in [0, 0.05) is 19.6 Å². The Morgan fingerprint density at radius 2 is 1.80 bits per heavy atom. The molecule has 0 aliphatic carbocycles. The quantitative estimate of drug-likeness (QED) is 0.746. The maximum absolute atomic E-state index is 9.51. The van der Waals surface area contributed by atoms with Crippen LogP contribution in [0.15, 0.2) is 0 Å². The fraction of sp³-hybridized carbons (Fsp3) is 1.00. The highest BCUT2D eigenvalue weighted by atomic mass is 16.3. The molecule has 2 aliphatic rings. The van der Waals surface area contributed by atoms with Crippen LogP contribution in [0.3, 0.4) is 0 Å². The van der Waals surface area contributed by atoms with Crippen molar-refractivity contribution in [2.45, 2.75) is 32.3 Å². The molecule has 3 heteroatoms. The molecule has 88 valence electrons. The van der Waals surface area contributed by atoms with E-state index in [0.717, 1.165) is 6.54 Å². The third-order valence-electron chi connectivity index (χ3n) is 3.92. The molecule has 3 nitrogen and oxygen atoms in total. The first-order chi connectivity index (χ1) is 7.25. The molecule has 2 fully saturated rings. The van der Waals surface area contributed by atoms with Crippen LogP contribution in [-0.4, -0.2) is 60.3 Å². The van der Waals surface area contributed by atoms with E-state index in [4.69, 9.17) is 0 Å². The zero-order chi connectivity index (χ0) is 10.7. The summed E-state index contributed by atoms with van der Waals surface area (Å²) in [7, 11) is 0. The lowest BCUT2D eigenvalue weighted by atomic mass is 10.0. The van der Waals surface area contributed by atoms with Gasteiger partial charge in [0.15, 0.2) is 0 Å². The molecule has 0 spiro atoms. The number of likely N-dealkylation sites (tertiary alicyclic amines) is 2. The van der Waals surface area contributed by atoms with Crippen molar-refractivity contribution in [3.8, 4) is 0 Å². The van der Waals surface area contributed by atoms with E-state index in [-0.39, 0.29) is 6.10 Å². The Bertz CT molecular complexity index is 190. The van der Waals surface area contributed by atoms with E-state index in [1.807, 2.05) is 6.92 Å². The molecule has 2 atom stereocenters. The van der Waals surface area contributed by atoms with Crippen molar-refractivity contribution in [3.63, 3.8) is 0 Å². The van der Waals surface area contributed by atoms with Crippen LogP contribution in [0.1, 0.15) is 26.2 Å². The van der Waals surface area contributed by atoms with Gasteiger partial charge in [0.1, 0.15) is 0 Å². The molecule has 0 bridgehead atoms. The van der Waals surface area contributed by atoms with Gasteiger partial charge in [-0.25, -0.2) is 0 Å². The van der Waals surface area contributed by atoms with Gasteiger partial charge in [0.25, 0.3) is 0 Å². The molecular formula is C12H24N2O. The molecule has 15 heavy (non-hydrogen) atoms. The van der Waals surface area contributed by atoms with Crippen LogP contribution in [0.2, 0.25) is 0 Å². The van der Waals surface area contributed by atoms with Gasteiger partial charge in [0.05, 0.1) is 6.10 Å². The Balaban J connectivity index is 1.64. The molecule has 2 saturated heterocycles. The highest BCUT2D eigenvalue weighted by Crippen LogP contribution is 2.19. The SMILES string of the molecule is CC(O)C1CCN(CCN2CCCC2)C1. The van der Waals surface area contributed by atoms with E-state index in [2.05, 4.69) is 9.80 Å². The van der Waals surface area contributed by atoms with E-state index in [9.17, 15) is 5.11 Å². The predicted molar refractivity (Wildman–Crippen MR) is 61.9 cm³/mol. The highest BCUT2D eigenvalue weighted by molar-refractivity contribution is 4.79. The maximum Gasteiger partial charge on any atom is 0.0552 e. The summed E-state index contributed by atoms with van der Waals surface area (Å²) in [4.78, 5) is 5.07. The van der Waals surface area contributed by atoms with Crippen LogP contribution in [-0.2, 0) is 0 Å². The van der Waals surface area contributed by atoms with Gasteiger partial charge in [-0.1, -0.05) is 0 Å². The number of aliphatic hydroxyl groups is 1. The van der Waals surface area contributed by atoms with E-state index < -0.39 is 0 Å². The van der Waals surface area contributed by atoms with Crippen molar-refractivity contribution < 1.29 is 5.11 Å². The largest absolute Gasteiger partial charge is 0.393 e. The Hall–Kier alpha value is -0.120. The van der Waals surface area contributed by atoms with Crippen LogP contribution in [0, 0.1) is 5.92 Å². The van der Waals surface area contributed by atoms with Crippen molar-refractivity contribution in [2.24, 2.45) is 5.92 Å². The van der Waals surface area contributed by atoms with E-state index >= 15 is 0 Å². The number of rotatable bonds is 4. The van der Waals surface area contributed by atoms with E-state index in [1.54, 1.807) is 0 Å². The van der Waals surface area contributed by atoms with Crippen LogP contribution in [0.25, 0.3) is 0 Å². The molecule has 2 unspecified atom stereocenters. The van der Waals surface area contributed by atoms with Gasteiger partial charge < -0.3 is 14.9 Å². The van der Waals surface area contributed by atoms with Gasteiger partial charge in [-0.15, -0.1) is 0 Å². The molecule has 0 aromatic heterocycles. The Labute approximate surface area is 93.1 Å². The van der Waals surface area contributed by atoms with Crippen LogP contribution in [0.4, 0.5) is 0 Å². The van der Waals surface area contributed by atoms with Crippen molar-refractivity contribution in [3.05, 3.63) is 0 Å². The molecule has 0 saturated carbocycles. The monoisotopic (exact) mass is 212 g/mol. The Morgan fingerprint density at radius 1 is 1.13 bits per heavy atom. The van der Waals surface area contributed by atoms with Crippen molar-refractivity contribution >= 4 is 0 Å². The molecule has 2 heterocycles. The van der Waals surface area contributed by atoms with Crippen LogP contribution in [0.5, 0.6) is 0 Å². The van der Waals surface area contributed by atoms with E-state index in [0.29, 0.717) is 5.92 Å². The number of hydrogen-bond acceptors (Lipinski definition) is 3. The van der Waals surface area contributed by atoms with Crippen molar-refractivity contribution in [1.82, 2.24) is 9.80 Å². The summed E-state index contributed by atoms with van der Waals surface area (Å²) >= 11 is 0. The third-order valence-corrected chi connectivity index (χ3v) is 3.92. The predicted octanol–water partition coefficient (Wildman–Crippen LogP) is 0.785. The van der Waals surface area contributed by atoms with Crippen molar-refractivity contribution in [2.75, 3.05) is 39.3 Å². The van der Waals surface area contributed by atoms with Gasteiger partial charge in [-0.2, -0.15) is 0 Å². The summed E-state index contributed by atoms with van der Waals surface area (Å²) in [5.74, 6) is 0.517. The topological polar surface area (TPSA) is 26.7 Å². The normalized spacial score (nSPS) is 31.2. The fourth-order valence-electron chi connectivity index (χ4n) is 2.75. The lowest BCUT2D eigenvalue weighted by Gasteiger charge is -2.21. The summed E-state index contributed by atoms with van der Waals surface area (Å²) in [6.07, 6.45) is 3.83. The second kappa shape index (κ2) is 5.28. The minimum absolute atomic E-state index is 0.123. The first kappa shape index (κ1) is 11.4. The van der Waals surface area contributed by atoms with Gasteiger partial charge in [-0.05, 0) is 51.7 Å². The maximum atomic E-state index is 9.51. The number of aliphatic hydroxyl groups excluding tert-OH is 1. The molecule has 0 aromatic rings. The van der Waals surface area contributed by atoms with E-state index in [1.165, 1.54) is 52.0 Å². The smallest absolute Gasteiger partial charge is 0.0552 e.